The molecule has 2 N–H and O–H groups in total. The second kappa shape index (κ2) is 9.29. The summed E-state index contributed by atoms with van der Waals surface area (Å²) in [7, 11) is 2.11. The van der Waals surface area contributed by atoms with E-state index in [9.17, 15) is 18.0 Å². The van der Waals surface area contributed by atoms with Crippen LogP contribution in [0.5, 0.6) is 0 Å². The lowest BCUT2D eigenvalue weighted by atomic mass is 9.64. The van der Waals surface area contributed by atoms with Gasteiger partial charge in [0.25, 0.3) is 0 Å². The molecule has 10 heteroatoms. The fourth-order valence-corrected chi connectivity index (χ4v) is 9.25. The van der Waals surface area contributed by atoms with Gasteiger partial charge in [-0.2, -0.15) is 13.2 Å². The first kappa shape index (κ1) is 26.0. The fourth-order valence-electron chi connectivity index (χ4n) is 9.25. The Hall–Kier alpha value is -0.940. The Morgan fingerprint density at radius 3 is 2.53 bits per heavy atom. The third kappa shape index (κ3) is 4.50. The number of carbonyl (C=O) groups excluding carboxylic acids is 1. The molecule has 214 valence electrons. The quantitative estimate of drug-likeness (QED) is 0.541. The second-order valence-electron chi connectivity index (χ2n) is 14.2. The van der Waals surface area contributed by atoms with Crippen molar-refractivity contribution in [3.63, 3.8) is 0 Å². The highest BCUT2D eigenvalue weighted by Crippen LogP contribution is 2.55. The molecule has 3 aliphatic carbocycles. The van der Waals surface area contributed by atoms with E-state index in [0.717, 1.165) is 71.6 Å². The molecule has 38 heavy (non-hydrogen) atoms. The zero-order valence-electron chi connectivity index (χ0n) is 22.6. The van der Waals surface area contributed by atoms with Crippen LogP contribution in [0.3, 0.4) is 0 Å². The summed E-state index contributed by atoms with van der Waals surface area (Å²) in [5.74, 6) is -1.95. The molecule has 7 nitrogen and oxygen atoms in total. The number of amides is 1. The Balaban J connectivity index is 1.04. The van der Waals surface area contributed by atoms with Crippen molar-refractivity contribution in [3.05, 3.63) is 0 Å². The maximum Gasteiger partial charge on any atom is 0.392 e. The Labute approximate surface area is 224 Å². The van der Waals surface area contributed by atoms with Crippen molar-refractivity contribution >= 4 is 5.91 Å². The van der Waals surface area contributed by atoms with Gasteiger partial charge in [-0.15, -0.1) is 0 Å². The second-order valence-corrected chi connectivity index (χ2v) is 14.2. The van der Waals surface area contributed by atoms with Crippen LogP contribution >= 0.6 is 0 Å². The Morgan fingerprint density at radius 1 is 1.11 bits per heavy atom. The van der Waals surface area contributed by atoms with Gasteiger partial charge in [0, 0.05) is 43.6 Å². The number of ether oxygens (including phenoxy) is 1. The average Bonchev–Trinajstić information content (AvgIpc) is 3.42. The maximum atomic E-state index is 14.3. The van der Waals surface area contributed by atoms with E-state index >= 15 is 0 Å². The first-order valence-corrected chi connectivity index (χ1v) is 15.0. The molecule has 0 aromatic rings. The minimum Gasteiger partial charge on any atom is -0.380 e. The van der Waals surface area contributed by atoms with Crippen LogP contribution in [-0.4, -0.2) is 92.1 Å². The molecule has 1 spiro atoms. The molecule has 7 aliphatic rings. The Kier molecular flexibility index (Phi) is 6.36. The van der Waals surface area contributed by atoms with E-state index in [-0.39, 0.29) is 35.9 Å². The van der Waals surface area contributed by atoms with Crippen LogP contribution in [0.25, 0.3) is 0 Å². The van der Waals surface area contributed by atoms with Crippen molar-refractivity contribution in [1.82, 2.24) is 25.6 Å². The summed E-state index contributed by atoms with van der Waals surface area (Å²) in [5, 5.41) is 0. The minimum atomic E-state index is -4.23. The van der Waals surface area contributed by atoms with E-state index in [2.05, 4.69) is 27.7 Å². The number of carbonyl (C=O) groups is 1. The molecule has 0 radical (unpaired) electrons. The summed E-state index contributed by atoms with van der Waals surface area (Å²) in [6.45, 7) is 5.41. The summed E-state index contributed by atoms with van der Waals surface area (Å²) in [6.07, 6.45) is 4.34. The molecular formula is C28H44F3N5O2. The van der Waals surface area contributed by atoms with E-state index in [0.29, 0.717) is 24.3 Å². The highest BCUT2D eigenvalue weighted by Gasteiger charge is 2.59. The van der Waals surface area contributed by atoms with E-state index < -0.39 is 23.9 Å². The number of hydrogen-bond donors (Lipinski definition) is 2. The van der Waals surface area contributed by atoms with Gasteiger partial charge in [0.2, 0.25) is 5.91 Å². The molecule has 7 unspecified atom stereocenters. The van der Waals surface area contributed by atoms with Gasteiger partial charge in [0.15, 0.2) is 0 Å². The van der Waals surface area contributed by atoms with Gasteiger partial charge in [-0.3, -0.25) is 9.69 Å². The lowest BCUT2D eigenvalue weighted by molar-refractivity contribution is -0.204. The van der Waals surface area contributed by atoms with Gasteiger partial charge in [-0.05, 0) is 81.6 Å². The predicted octanol–water partition coefficient (Wildman–Crippen LogP) is 3.03. The number of alkyl halides is 3. The molecule has 7 atom stereocenters. The molecular weight excluding hydrogens is 495 g/mol. The van der Waals surface area contributed by atoms with Crippen molar-refractivity contribution in [3.8, 4) is 0 Å². The standard InChI is InChI=1S/C28H44F3N5O2/c1-34-17-32-33-24(34)10-27(15-38-16-27)19-3-2-4-20(9-19)36-12-22-21(25(36)37)7-18(8-23(22)28(29,30)31)11-35-13-26(14-35)5-6-26/h18-24,32-33H,2-17H2,1H3. The maximum absolute atomic E-state index is 14.3. The fraction of sp³-hybridized carbons (Fsp3) is 0.964. The van der Waals surface area contributed by atoms with Crippen molar-refractivity contribution in [2.45, 2.75) is 76.2 Å². The van der Waals surface area contributed by atoms with Gasteiger partial charge in [0.1, 0.15) is 0 Å². The van der Waals surface area contributed by atoms with Crippen molar-refractivity contribution in [1.29, 1.82) is 0 Å². The normalized spacial score (nSPS) is 42.7. The first-order valence-electron chi connectivity index (χ1n) is 15.0. The van der Waals surface area contributed by atoms with E-state index in [4.69, 9.17) is 4.74 Å². The van der Waals surface area contributed by atoms with E-state index in [1.807, 2.05) is 4.90 Å². The Morgan fingerprint density at radius 2 is 1.89 bits per heavy atom. The monoisotopic (exact) mass is 539 g/mol. The number of hydrogen-bond acceptors (Lipinski definition) is 6. The van der Waals surface area contributed by atoms with Gasteiger partial charge in [-0.25, -0.2) is 10.9 Å². The summed E-state index contributed by atoms with van der Waals surface area (Å²) < 4.78 is 48.8. The molecule has 4 aliphatic heterocycles. The van der Waals surface area contributed by atoms with Crippen LogP contribution < -0.4 is 10.9 Å². The number of nitrogens with one attached hydrogen (secondary N) is 2. The largest absolute Gasteiger partial charge is 0.392 e. The van der Waals surface area contributed by atoms with Crippen LogP contribution in [0.2, 0.25) is 0 Å². The lowest BCUT2D eigenvalue weighted by Gasteiger charge is -2.52. The zero-order chi connectivity index (χ0) is 26.3. The smallest absolute Gasteiger partial charge is 0.380 e. The number of rotatable bonds is 6. The molecule has 4 saturated heterocycles. The highest BCUT2D eigenvalue weighted by molar-refractivity contribution is 5.82. The van der Waals surface area contributed by atoms with Crippen LogP contribution in [0.1, 0.15) is 57.8 Å². The number of hydrazine groups is 1. The number of halogens is 3. The van der Waals surface area contributed by atoms with Gasteiger partial charge in [-0.1, -0.05) is 6.42 Å². The lowest BCUT2D eigenvalue weighted by Crippen LogP contribution is -2.56. The summed E-state index contributed by atoms with van der Waals surface area (Å²) >= 11 is 0. The molecule has 0 aromatic carbocycles. The van der Waals surface area contributed by atoms with E-state index in [1.165, 1.54) is 12.8 Å². The molecule has 0 aromatic heterocycles. The number of likely N-dealkylation sites (tertiary alicyclic amines) is 2. The van der Waals surface area contributed by atoms with Crippen LogP contribution in [-0.2, 0) is 9.53 Å². The van der Waals surface area contributed by atoms with Crippen LogP contribution in [0.4, 0.5) is 13.2 Å². The van der Waals surface area contributed by atoms with Gasteiger partial charge < -0.3 is 14.5 Å². The SMILES string of the molecule is CN1CNNC1CC1(C2CCCC(N3CC4C(CC(CN5CC6(CC6)C5)CC4C(F)(F)F)C3=O)C2)COC1. The number of fused-ring (bicyclic) bond motifs is 1. The molecule has 1 amide bonds. The predicted molar refractivity (Wildman–Crippen MR) is 135 cm³/mol. The molecule has 4 heterocycles. The van der Waals surface area contributed by atoms with Crippen molar-refractivity contribution in [2.24, 2.45) is 40.4 Å². The van der Waals surface area contributed by atoms with Crippen molar-refractivity contribution < 1.29 is 22.7 Å². The highest BCUT2D eigenvalue weighted by atomic mass is 19.4. The third-order valence-electron chi connectivity index (χ3n) is 11.7. The Bertz CT molecular complexity index is 917. The van der Waals surface area contributed by atoms with Gasteiger partial charge in [0.05, 0.1) is 32.0 Å². The van der Waals surface area contributed by atoms with Crippen LogP contribution in [0, 0.1) is 40.4 Å². The summed E-state index contributed by atoms with van der Waals surface area (Å²) in [5.41, 5.74) is 7.18. The van der Waals surface area contributed by atoms with Crippen molar-refractivity contribution in [2.75, 3.05) is 53.1 Å². The third-order valence-corrected chi connectivity index (χ3v) is 11.7. The summed E-state index contributed by atoms with van der Waals surface area (Å²) in [4.78, 5) is 20.3. The first-order chi connectivity index (χ1) is 18.1. The minimum absolute atomic E-state index is 0.0159. The number of nitrogens with zero attached hydrogens (tertiary/aromatic N) is 3. The van der Waals surface area contributed by atoms with E-state index in [1.54, 1.807) is 0 Å². The molecule has 0 bridgehead atoms. The zero-order valence-corrected chi connectivity index (χ0v) is 22.6. The molecule has 3 saturated carbocycles. The van der Waals surface area contributed by atoms with Gasteiger partial charge >= 0.3 is 6.18 Å². The topological polar surface area (TPSA) is 60.1 Å². The average molecular weight is 540 g/mol. The van der Waals surface area contributed by atoms with Crippen LogP contribution in [0.15, 0.2) is 0 Å². The summed E-state index contributed by atoms with van der Waals surface area (Å²) in [6, 6.07) is 0.0640. The molecule has 7 rings (SSSR count). The molecule has 7 fully saturated rings.